The third kappa shape index (κ3) is 4.74. The fourth-order valence-electron chi connectivity index (χ4n) is 1.49. The molecular formula is C13H18BrFN2O. The number of nitrogens with one attached hydrogen (secondary N) is 2. The molecule has 0 aliphatic rings. The van der Waals surface area contributed by atoms with Crippen LogP contribution in [0.5, 0.6) is 0 Å². The Morgan fingerprint density at radius 3 is 2.89 bits per heavy atom. The molecule has 0 aliphatic heterocycles. The molecule has 0 bridgehead atoms. The second-order valence-corrected chi connectivity index (χ2v) is 5.08. The molecule has 0 heterocycles. The average molecular weight is 317 g/mol. The standard InChI is InChI=1S/C13H18BrFN2O/c1-3-16-7-9(2)13(18)17-8-10-6-11(14)4-5-12(10)15/h4-6,9,16H,3,7-8H2,1-2H3,(H,17,18). The lowest BCUT2D eigenvalue weighted by Crippen LogP contribution is -2.35. The van der Waals surface area contributed by atoms with Crippen LogP contribution in [0.1, 0.15) is 19.4 Å². The minimum atomic E-state index is -0.308. The van der Waals surface area contributed by atoms with Gasteiger partial charge in [-0.15, -0.1) is 0 Å². The van der Waals surface area contributed by atoms with Gasteiger partial charge >= 0.3 is 0 Å². The lowest BCUT2D eigenvalue weighted by molar-refractivity contribution is -0.124. The number of rotatable bonds is 6. The van der Waals surface area contributed by atoms with E-state index in [0.29, 0.717) is 12.1 Å². The zero-order valence-electron chi connectivity index (χ0n) is 10.6. The highest BCUT2D eigenvalue weighted by Crippen LogP contribution is 2.15. The van der Waals surface area contributed by atoms with E-state index in [2.05, 4.69) is 26.6 Å². The van der Waals surface area contributed by atoms with Gasteiger partial charge in [-0.25, -0.2) is 4.39 Å². The Kier molecular flexibility index (Phi) is 6.29. The maximum atomic E-state index is 13.4. The molecule has 1 atom stereocenters. The van der Waals surface area contributed by atoms with Crippen LogP contribution in [0.4, 0.5) is 4.39 Å². The van der Waals surface area contributed by atoms with Crippen molar-refractivity contribution in [2.75, 3.05) is 13.1 Å². The summed E-state index contributed by atoms with van der Waals surface area (Å²) in [6.45, 7) is 5.50. The van der Waals surface area contributed by atoms with Gasteiger partial charge in [0.2, 0.25) is 5.91 Å². The lowest BCUT2D eigenvalue weighted by Gasteiger charge is -2.12. The first-order valence-corrected chi connectivity index (χ1v) is 6.76. The summed E-state index contributed by atoms with van der Waals surface area (Å²) in [4.78, 5) is 11.7. The lowest BCUT2D eigenvalue weighted by atomic mass is 10.1. The van der Waals surface area contributed by atoms with E-state index in [9.17, 15) is 9.18 Å². The predicted molar refractivity (Wildman–Crippen MR) is 73.7 cm³/mol. The molecule has 18 heavy (non-hydrogen) atoms. The van der Waals surface area contributed by atoms with Crippen LogP contribution in [-0.4, -0.2) is 19.0 Å². The SMILES string of the molecule is CCNCC(C)C(=O)NCc1cc(Br)ccc1F. The average Bonchev–Trinajstić information content (AvgIpc) is 2.36. The molecule has 0 aromatic heterocycles. The molecule has 1 amide bonds. The minimum Gasteiger partial charge on any atom is -0.352 e. The normalized spacial score (nSPS) is 12.2. The number of hydrogen-bond donors (Lipinski definition) is 2. The Labute approximate surface area is 115 Å². The molecule has 1 aromatic carbocycles. The van der Waals surface area contributed by atoms with Crippen molar-refractivity contribution in [3.8, 4) is 0 Å². The van der Waals surface area contributed by atoms with Crippen LogP contribution < -0.4 is 10.6 Å². The Balaban J connectivity index is 2.49. The van der Waals surface area contributed by atoms with E-state index in [0.717, 1.165) is 11.0 Å². The van der Waals surface area contributed by atoms with Crippen LogP contribution in [0.15, 0.2) is 22.7 Å². The van der Waals surface area contributed by atoms with Crippen molar-refractivity contribution in [2.45, 2.75) is 20.4 Å². The Morgan fingerprint density at radius 2 is 2.22 bits per heavy atom. The second-order valence-electron chi connectivity index (χ2n) is 4.16. The molecule has 0 spiro atoms. The zero-order valence-corrected chi connectivity index (χ0v) is 12.2. The summed E-state index contributed by atoms with van der Waals surface area (Å²) in [7, 11) is 0. The van der Waals surface area contributed by atoms with Crippen LogP contribution in [0.2, 0.25) is 0 Å². The first-order valence-electron chi connectivity index (χ1n) is 5.97. The van der Waals surface area contributed by atoms with Gasteiger partial charge in [-0.1, -0.05) is 29.8 Å². The van der Waals surface area contributed by atoms with Crippen LogP contribution in [0.3, 0.4) is 0 Å². The first-order chi connectivity index (χ1) is 8.54. The van der Waals surface area contributed by atoms with Gasteiger partial charge in [0.1, 0.15) is 5.82 Å². The molecule has 0 saturated carbocycles. The van der Waals surface area contributed by atoms with Crippen molar-refractivity contribution in [1.82, 2.24) is 10.6 Å². The largest absolute Gasteiger partial charge is 0.352 e. The quantitative estimate of drug-likeness (QED) is 0.846. The highest BCUT2D eigenvalue weighted by molar-refractivity contribution is 9.10. The molecule has 1 unspecified atom stereocenters. The van der Waals surface area contributed by atoms with Gasteiger partial charge < -0.3 is 10.6 Å². The number of benzene rings is 1. The summed E-state index contributed by atoms with van der Waals surface area (Å²) in [6.07, 6.45) is 0. The van der Waals surface area contributed by atoms with E-state index >= 15 is 0 Å². The number of amides is 1. The van der Waals surface area contributed by atoms with Crippen LogP contribution >= 0.6 is 15.9 Å². The van der Waals surface area contributed by atoms with Crippen LogP contribution in [0.25, 0.3) is 0 Å². The maximum Gasteiger partial charge on any atom is 0.224 e. The monoisotopic (exact) mass is 316 g/mol. The van der Waals surface area contributed by atoms with E-state index in [1.54, 1.807) is 12.1 Å². The Hall–Kier alpha value is -0.940. The summed E-state index contributed by atoms with van der Waals surface area (Å²) in [6, 6.07) is 4.69. The van der Waals surface area contributed by atoms with Crippen molar-refractivity contribution in [3.63, 3.8) is 0 Å². The highest BCUT2D eigenvalue weighted by Gasteiger charge is 2.12. The van der Waals surface area contributed by atoms with Crippen molar-refractivity contribution >= 4 is 21.8 Å². The van der Waals surface area contributed by atoms with Crippen molar-refractivity contribution in [2.24, 2.45) is 5.92 Å². The summed E-state index contributed by atoms with van der Waals surface area (Å²) in [5.74, 6) is -0.506. The fraction of sp³-hybridized carbons (Fsp3) is 0.462. The van der Waals surface area contributed by atoms with Crippen molar-refractivity contribution in [3.05, 3.63) is 34.1 Å². The summed E-state index contributed by atoms with van der Waals surface area (Å²) < 4.78 is 14.2. The van der Waals surface area contributed by atoms with Gasteiger partial charge in [0.25, 0.3) is 0 Å². The fourth-order valence-corrected chi connectivity index (χ4v) is 1.90. The van der Waals surface area contributed by atoms with Crippen molar-refractivity contribution < 1.29 is 9.18 Å². The zero-order chi connectivity index (χ0) is 13.5. The molecule has 1 aromatic rings. The smallest absolute Gasteiger partial charge is 0.224 e. The number of carbonyl (C=O) groups excluding carboxylic acids is 1. The van der Waals surface area contributed by atoms with Crippen molar-refractivity contribution in [1.29, 1.82) is 0 Å². The second kappa shape index (κ2) is 7.48. The van der Waals surface area contributed by atoms with E-state index in [1.807, 2.05) is 13.8 Å². The number of hydrogen-bond acceptors (Lipinski definition) is 2. The molecule has 0 fully saturated rings. The molecule has 0 aliphatic carbocycles. The van der Waals surface area contributed by atoms with Gasteiger partial charge in [0.15, 0.2) is 0 Å². The molecule has 1 rings (SSSR count). The molecule has 5 heteroatoms. The Morgan fingerprint density at radius 1 is 1.50 bits per heavy atom. The van der Waals surface area contributed by atoms with E-state index in [1.165, 1.54) is 6.07 Å². The third-order valence-electron chi connectivity index (χ3n) is 2.61. The first kappa shape index (κ1) is 15.1. The highest BCUT2D eigenvalue weighted by atomic mass is 79.9. The van der Waals surface area contributed by atoms with Gasteiger partial charge in [0.05, 0.1) is 0 Å². The van der Waals surface area contributed by atoms with Crippen LogP contribution in [0, 0.1) is 11.7 Å². The molecule has 2 N–H and O–H groups in total. The van der Waals surface area contributed by atoms with Gasteiger partial charge in [-0.3, -0.25) is 4.79 Å². The van der Waals surface area contributed by atoms with E-state index in [4.69, 9.17) is 0 Å². The number of carbonyl (C=O) groups is 1. The topological polar surface area (TPSA) is 41.1 Å². The summed E-state index contributed by atoms with van der Waals surface area (Å²) in [5, 5.41) is 5.84. The minimum absolute atomic E-state index is 0.0738. The molecular weight excluding hydrogens is 299 g/mol. The molecule has 0 saturated heterocycles. The maximum absolute atomic E-state index is 13.4. The summed E-state index contributed by atoms with van der Waals surface area (Å²) >= 11 is 3.28. The van der Waals surface area contributed by atoms with Crippen LogP contribution in [-0.2, 0) is 11.3 Å². The van der Waals surface area contributed by atoms with Gasteiger partial charge in [-0.2, -0.15) is 0 Å². The molecule has 3 nitrogen and oxygen atoms in total. The van der Waals surface area contributed by atoms with E-state index < -0.39 is 0 Å². The number of halogens is 2. The molecule has 0 radical (unpaired) electrons. The predicted octanol–water partition coefficient (Wildman–Crippen LogP) is 2.45. The third-order valence-corrected chi connectivity index (χ3v) is 3.10. The molecule has 100 valence electrons. The van der Waals surface area contributed by atoms with Gasteiger partial charge in [-0.05, 0) is 24.7 Å². The van der Waals surface area contributed by atoms with Gasteiger partial charge in [0, 0.05) is 29.0 Å². The Bertz CT molecular complexity index is 412. The van der Waals surface area contributed by atoms with E-state index in [-0.39, 0.29) is 24.2 Å². The summed E-state index contributed by atoms with van der Waals surface area (Å²) in [5.41, 5.74) is 0.480.